The normalized spacial score (nSPS) is 15.7. The van der Waals surface area contributed by atoms with Crippen molar-refractivity contribution in [3.63, 3.8) is 0 Å². The number of hydrogen-bond donors (Lipinski definition) is 5. The van der Waals surface area contributed by atoms with Gasteiger partial charge in [0.05, 0.1) is 37.8 Å². The number of aromatic nitrogens is 4. The van der Waals surface area contributed by atoms with E-state index in [0.717, 1.165) is 52.0 Å². The molecule has 4 atom stereocenters. The molecule has 4 aromatic carbocycles. The van der Waals surface area contributed by atoms with Crippen molar-refractivity contribution in [3.8, 4) is 0 Å². The molecule has 1 aliphatic rings. The fourth-order valence-corrected chi connectivity index (χ4v) is 7.70. The molecule has 7 rings (SSSR count). The van der Waals surface area contributed by atoms with Gasteiger partial charge in [0.2, 0.25) is 11.9 Å². The maximum atomic E-state index is 12.6. The Morgan fingerprint density at radius 1 is 0.726 bits per heavy atom. The Labute approximate surface area is 371 Å². The van der Waals surface area contributed by atoms with E-state index in [9.17, 15) is 14.7 Å². The molecule has 6 aromatic rings. The van der Waals surface area contributed by atoms with Crippen molar-refractivity contribution in [2.75, 3.05) is 30.5 Å². The summed E-state index contributed by atoms with van der Waals surface area (Å²) in [5.41, 5.74) is 7.57. The minimum absolute atomic E-state index is 0.0585. The van der Waals surface area contributed by atoms with E-state index in [-0.39, 0.29) is 49.6 Å². The summed E-state index contributed by atoms with van der Waals surface area (Å²) in [5.74, 6) is 1.62. The molecule has 0 amide bonds. The van der Waals surface area contributed by atoms with Gasteiger partial charge in [-0.3, -0.25) is 19.6 Å². The number of ether oxygens (including phenoxy) is 3. The van der Waals surface area contributed by atoms with E-state index in [1.165, 1.54) is 17.7 Å². The molecule has 1 aliphatic carbocycles. The molecule has 1 fully saturated rings. The predicted molar refractivity (Wildman–Crippen MR) is 244 cm³/mol. The Balaban J connectivity index is 0.972. The molecule has 0 saturated heterocycles. The first kappa shape index (κ1) is 44.7. The van der Waals surface area contributed by atoms with Crippen molar-refractivity contribution in [3.05, 3.63) is 173 Å². The van der Waals surface area contributed by atoms with Gasteiger partial charge in [0.15, 0.2) is 0 Å². The number of anilines is 4. The highest BCUT2D eigenvalue weighted by molar-refractivity contribution is 6.32. The zero-order valence-electron chi connectivity index (χ0n) is 35.2. The van der Waals surface area contributed by atoms with Gasteiger partial charge in [-0.05, 0) is 102 Å². The van der Waals surface area contributed by atoms with Crippen LogP contribution in [0.3, 0.4) is 0 Å². The molecule has 1 saturated carbocycles. The number of H-pyrrole nitrogens is 2. The molecule has 3 unspecified atom stereocenters. The summed E-state index contributed by atoms with van der Waals surface area (Å²) >= 11 is 13.1. The highest BCUT2D eigenvalue weighted by atomic mass is 35.5. The molecule has 2 aromatic heterocycles. The molecule has 0 aliphatic heterocycles. The molecule has 2 heterocycles. The Bertz CT molecular complexity index is 2590. The molecule has 14 heteroatoms. The lowest BCUT2D eigenvalue weighted by Gasteiger charge is -2.21. The third-order valence-electron chi connectivity index (χ3n) is 10.8. The van der Waals surface area contributed by atoms with Crippen molar-refractivity contribution in [2.45, 2.75) is 71.9 Å². The quantitative estimate of drug-likeness (QED) is 0.0499. The van der Waals surface area contributed by atoms with Crippen LogP contribution in [0.4, 0.5) is 23.3 Å². The molecule has 12 nitrogen and oxygen atoms in total. The average Bonchev–Trinajstić information content (AvgIpc) is 4.01. The highest BCUT2D eigenvalue weighted by Gasteiger charge is 2.38. The summed E-state index contributed by atoms with van der Waals surface area (Å²) in [6, 6.07) is 30.2. The number of halogens is 2. The average molecular weight is 880 g/mol. The fourth-order valence-electron chi connectivity index (χ4n) is 7.29. The van der Waals surface area contributed by atoms with Gasteiger partial charge >= 0.3 is 0 Å². The number of aliphatic hydroxyl groups is 1. The van der Waals surface area contributed by atoms with Crippen LogP contribution in [0.15, 0.2) is 107 Å². The van der Waals surface area contributed by atoms with Crippen LogP contribution in [-0.4, -0.2) is 44.9 Å². The van der Waals surface area contributed by atoms with Gasteiger partial charge in [0.1, 0.15) is 12.2 Å². The van der Waals surface area contributed by atoms with Gasteiger partial charge in [0.25, 0.3) is 11.1 Å². The topological polar surface area (TPSA) is 163 Å². The number of benzene rings is 4. The van der Waals surface area contributed by atoms with Gasteiger partial charge in [-0.2, -0.15) is 0 Å². The van der Waals surface area contributed by atoms with E-state index in [0.29, 0.717) is 51.7 Å². The van der Waals surface area contributed by atoms with E-state index in [1.54, 1.807) is 0 Å². The first-order valence-corrected chi connectivity index (χ1v) is 21.5. The van der Waals surface area contributed by atoms with Crippen molar-refractivity contribution in [1.29, 1.82) is 0 Å². The molecule has 0 spiro atoms. The Morgan fingerprint density at radius 3 is 2.05 bits per heavy atom. The second-order valence-corrected chi connectivity index (χ2v) is 17.0. The third kappa shape index (κ3) is 12.2. The Hall–Kier alpha value is -5.34. The summed E-state index contributed by atoms with van der Waals surface area (Å²) < 4.78 is 18.3. The molecule has 0 bridgehead atoms. The number of nitrogens with zero attached hydrogens (tertiary/aromatic N) is 2. The van der Waals surface area contributed by atoms with Crippen molar-refractivity contribution in [2.24, 2.45) is 11.8 Å². The van der Waals surface area contributed by atoms with Crippen molar-refractivity contribution >= 4 is 46.5 Å². The molecular weight excluding hydrogens is 827 g/mol. The first-order valence-electron chi connectivity index (χ1n) is 20.8. The van der Waals surface area contributed by atoms with Crippen molar-refractivity contribution in [1.82, 2.24) is 19.9 Å². The van der Waals surface area contributed by atoms with Crippen LogP contribution >= 0.6 is 23.2 Å². The van der Waals surface area contributed by atoms with Crippen LogP contribution in [0, 0.1) is 25.7 Å². The fraction of sp³-hybridized carbons (Fsp3) is 0.333. The molecule has 5 N–H and O–H groups in total. The monoisotopic (exact) mass is 878 g/mol. The summed E-state index contributed by atoms with van der Waals surface area (Å²) in [6.45, 7) is 9.13. The Kier molecular flexibility index (Phi) is 14.9. The second-order valence-electron chi connectivity index (χ2n) is 16.2. The van der Waals surface area contributed by atoms with Gasteiger partial charge in [-0.25, -0.2) is 9.97 Å². The second kappa shape index (κ2) is 20.7. The van der Waals surface area contributed by atoms with E-state index in [1.807, 2.05) is 68.4 Å². The largest absolute Gasteiger partial charge is 0.386 e. The number of hydrogen-bond acceptors (Lipinski definition) is 10. The lowest BCUT2D eigenvalue weighted by molar-refractivity contribution is -0.0327. The van der Waals surface area contributed by atoms with E-state index in [2.05, 4.69) is 74.7 Å². The number of aliphatic hydroxyl groups excluding tert-OH is 1. The molecule has 0 radical (unpaired) electrons. The van der Waals surface area contributed by atoms with Crippen molar-refractivity contribution < 1.29 is 19.3 Å². The smallest absolute Gasteiger partial charge is 0.252 e. The minimum atomic E-state index is -0.790. The standard InChI is InChI=1S/C48H52Cl2N6O6/c1-28(2)23-62-44(27-61-25-37-22-45(58)55-47(51-37)53-41-15-9-14-39(49)29(41)3)33-13-8-10-31(16-33)17-34-18-38(34)35-19-40(50)30(4)42(20-35)54-48-52-36(21-46(59)56-48)24-60-26-43(57)32-11-6-5-7-12-32/h5-16,19-22,28,34,38,43-44,57H,17-18,23-27H2,1-4H3,(H2,51,53,55,58)(H2,52,54,56,59)/t34?,38-,43?,44?/m0/s1. The minimum Gasteiger partial charge on any atom is -0.386 e. The zero-order chi connectivity index (χ0) is 43.8. The third-order valence-corrected chi connectivity index (χ3v) is 11.6. The van der Waals surface area contributed by atoms with E-state index >= 15 is 0 Å². The summed E-state index contributed by atoms with van der Waals surface area (Å²) in [5, 5.41) is 18.1. The number of nitrogens with one attached hydrogen (secondary N) is 4. The first-order chi connectivity index (χ1) is 29.9. The maximum Gasteiger partial charge on any atom is 0.252 e. The number of aromatic amines is 2. The van der Waals surface area contributed by atoms with Crippen LogP contribution in [0.2, 0.25) is 10.0 Å². The zero-order valence-corrected chi connectivity index (χ0v) is 36.7. The van der Waals surface area contributed by atoms with Gasteiger partial charge in [-0.15, -0.1) is 0 Å². The summed E-state index contributed by atoms with van der Waals surface area (Å²) in [4.78, 5) is 39.8. The molecule has 62 heavy (non-hydrogen) atoms. The van der Waals surface area contributed by atoms with Gasteiger partial charge in [0, 0.05) is 40.2 Å². The highest BCUT2D eigenvalue weighted by Crippen LogP contribution is 2.51. The van der Waals surface area contributed by atoms with Gasteiger partial charge < -0.3 is 30.0 Å². The van der Waals surface area contributed by atoms with Crippen LogP contribution in [0.1, 0.15) is 83.2 Å². The molecular formula is C48H52Cl2N6O6. The Morgan fingerprint density at radius 2 is 1.35 bits per heavy atom. The van der Waals surface area contributed by atoms with Crippen LogP contribution in [0.25, 0.3) is 0 Å². The van der Waals surface area contributed by atoms with Gasteiger partial charge in [-0.1, -0.05) is 97.7 Å². The lowest BCUT2D eigenvalue weighted by Crippen LogP contribution is -2.17. The maximum absolute atomic E-state index is 12.6. The van der Waals surface area contributed by atoms with E-state index < -0.39 is 6.10 Å². The summed E-state index contributed by atoms with van der Waals surface area (Å²) in [6.07, 6.45) is 0.768. The predicted octanol–water partition coefficient (Wildman–Crippen LogP) is 9.79. The van der Waals surface area contributed by atoms with Crippen LogP contribution in [-0.2, 0) is 33.8 Å². The van der Waals surface area contributed by atoms with Crippen LogP contribution < -0.4 is 21.8 Å². The number of rotatable bonds is 20. The molecule has 324 valence electrons. The lowest BCUT2D eigenvalue weighted by atomic mass is 9.99. The van der Waals surface area contributed by atoms with E-state index in [4.69, 9.17) is 37.4 Å². The van der Waals surface area contributed by atoms with Crippen LogP contribution in [0.5, 0.6) is 0 Å². The SMILES string of the molecule is Cc1c(Cl)cc([C@H]2CC2Cc2cccc(C(COCc3cc(=O)[nH]c(Nc4cccc(Cl)c4C)n3)OCC(C)C)c2)cc1Nc1nc(COCC(O)c2ccccc2)cc(=O)[nH]1. The summed E-state index contributed by atoms with van der Waals surface area (Å²) in [7, 11) is 0.